The van der Waals surface area contributed by atoms with Crippen LogP contribution in [0.3, 0.4) is 0 Å². The quantitative estimate of drug-likeness (QED) is 0.862. The number of hydrogen-bond acceptors (Lipinski definition) is 4. The molecule has 0 unspecified atom stereocenters. The van der Waals surface area contributed by atoms with Crippen LogP contribution in [0.5, 0.6) is 0 Å². The Morgan fingerprint density at radius 2 is 1.68 bits per heavy atom. The fourth-order valence-corrected chi connectivity index (χ4v) is 2.55. The molecule has 8 heteroatoms. The molecule has 3 rings (SSSR count). The smallest absolute Gasteiger partial charge is 0.353 e. The fraction of sp³-hybridized carbons (Fsp3) is 0.294. The molecule has 0 atom stereocenters. The number of alkyl halides is 3. The lowest BCUT2D eigenvalue weighted by Crippen LogP contribution is -2.44. The first-order valence-corrected chi connectivity index (χ1v) is 7.78. The Labute approximate surface area is 142 Å². The number of halogens is 4. The van der Waals surface area contributed by atoms with E-state index in [0.29, 0.717) is 24.5 Å². The van der Waals surface area contributed by atoms with E-state index in [-0.39, 0.29) is 5.56 Å². The summed E-state index contributed by atoms with van der Waals surface area (Å²) in [5, 5.41) is 10.3. The number of nitrogens with zero attached hydrogens (tertiary/aromatic N) is 3. The van der Waals surface area contributed by atoms with Gasteiger partial charge in [-0.3, -0.25) is 0 Å². The molecule has 1 fully saturated rings. The van der Waals surface area contributed by atoms with Gasteiger partial charge in [-0.25, -0.2) is 4.39 Å². The van der Waals surface area contributed by atoms with Gasteiger partial charge in [0, 0.05) is 31.7 Å². The van der Waals surface area contributed by atoms with Crippen LogP contribution in [-0.4, -0.2) is 36.4 Å². The minimum atomic E-state index is -4.60. The van der Waals surface area contributed by atoms with Gasteiger partial charge in [0.25, 0.3) is 0 Å². The van der Waals surface area contributed by atoms with Gasteiger partial charge in [0.1, 0.15) is 5.82 Å². The number of nitrogens with one attached hydrogen (secondary N) is 1. The maximum Gasteiger partial charge on any atom is 0.435 e. The van der Waals surface area contributed by atoms with E-state index in [9.17, 15) is 17.6 Å². The van der Waals surface area contributed by atoms with Crippen LogP contribution in [0.15, 0.2) is 30.3 Å². The van der Waals surface area contributed by atoms with E-state index >= 15 is 0 Å². The molecule has 0 amide bonds. The topological polar surface area (TPSA) is 41.0 Å². The standard InChI is InChI=1S/C17H16F4N4/c18-14-5-2-12(3-6-14)1-4-13-11-15(25-9-7-22-8-10-25)23-24-16(13)17(19,20)21/h1-6,11,22H,7-10H2/b4-1+. The summed E-state index contributed by atoms with van der Waals surface area (Å²) in [5.41, 5.74) is -0.514. The van der Waals surface area contributed by atoms with Gasteiger partial charge in [-0.05, 0) is 23.8 Å². The molecule has 1 aromatic heterocycles. The summed E-state index contributed by atoms with van der Waals surface area (Å²) in [5.74, 6) is 0.00737. The zero-order chi connectivity index (χ0) is 17.9. The molecular weight excluding hydrogens is 336 g/mol. The van der Waals surface area contributed by atoms with E-state index in [0.717, 1.165) is 13.1 Å². The van der Waals surface area contributed by atoms with Crippen molar-refractivity contribution in [2.45, 2.75) is 6.18 Å². The first-order chi connectivity index (χ1) is 11.9. The number of benzene rings is 1. The lowest BCUT2D eigenvalue weighted by molar-refractivity contribution is -0.141. The Morgan fingerprint density at radius 3 is 2.32 bits per heavy atom. The van der Waals surface area contributed by atoms with Crippen LogP contribution >= 0.6 is 0 Å². The van der Waals surface area contributed by atoms with E-state index < -0.39 is 17.7 Å². The van der Waals surface area contributed by atoms with Crippen molar-refractivity contribution in [3.05, 3.63) is 53.0 Å². The summed E-state index contributed by atoms with van der Waals surface area (Å²) in [4.78, 5) is 1.89. The maximum absolute atomic E-state index is 13.2. The Morgan fingerprint density at radius 1 is 1.00 bits per heavy atom. The third kappa shape index (κ3) is 4.33. The average Bonchev–Trinajstić information content (AvgIpc) is 2.61. The highest BCUT2D eigenvalue weighted by molar-refractivity contribution is 5.72. The van der Waals surface area contributed by atoms with Crippen molar-refractivity contribution < 1.29 is 17.6 Å². The zero-order valence-electron chi connectivity index (χ0n) is 13.2. The van der Waals surface area contributed by atoms with Crippen LogP contribution < -0.4 is 10.2 Å². The molecule has 0 bridgehead atoms. The number of rotatable bonds is 3. The normalized spacial score (nSPS) is 15.8. The monoisotopic (exact) mass is 352 g/mol. The molecule has 1 aliphatic heterocycles. The van der Waals surface area contributed by atoms with Crippen LogP contribution in [0.25, 0.3) is 12.2 Å². The highest BCUT2D eigenvalue weighted by atomic mass is 19.4. The highest BCUT2D eigenvalue weighted by Crippen LogP contribution is 2.32. The molecule has 0 saturated carbocycles. The molecule has 132 valence electrons. The van der Waals surface area contributed by atoms with E-state index in [1.807, 2.05) is 4.90 Å². The van der Waals surface area contributed by atoms with Gasteiger partial charge in [0.05, 0.1) is 0 Å². The summed E-state index contributed by atoms with van der Waals surface area (Å²) in [6.45, 7) is 2.79. The predicted molar refractivity (Wildman–Crippen MR) is 87.4 cm³/mol. The molecule has 1 aromatic carbocycles. The molecule has 4 nitrogen and oxygen atoms in total. The maximum atomic E-state index is 13.2. The van der Waals surface area contributed by atoms with Crippen LogP contribution in [0, 0.1) is 5.82 Å². The fourth-order valence-electron chi connectivity index (χ4n) is 2.55. The molecule has 0 spiro atoms. The van der Waals surface area contributed by atoms with Crippen LogP contribution in [-0.2, 0) is 6.18 Å². The highest BCUT2D eigenvalue weighted by Gasteiger charge is 2.36. The average molecular weight is 352 g/mol. The van der Waals surface area contributed by atoms with E-state index in [1.54, 1.807) is 0 Å². The van der Waals surface area contributed by atoms with Crippen molar-refractivity contribution in [1.29, 1.82) is 0 Å². The number of hydrogen-bond donors (Lipinski definition) is 1. The minimum Gasteiger partial charge on any atom is -0.353 e. The van der Waals surface area contributed by atoms with Crippen molar-refractivity contribution in [1.82, 2.24) is 15.5 Å². The van der Waals surface area contributed by atoms with E-state index in [1.165, 1.54) is 42.5 Å². The first kappa shape index (κ1) is 17.3. The molecule has 1 saturated heterocycles. The zero-order valence-corrected chi connectivity index (χ0v) is 13.2. The van der Waals surface area contributed by atoms with E-state index in [4.69, 9.17) is 0 Å². The van der Waals surface area contributed by atoms with Gasteiger partial charge in [-0.15, -0.1) is 10.2 Å². The van der Waals surface area contributed by atoms with E-state index in [2.05, 4.69) is 15.5 Å². The van der Waals surface area contributed by atoms with Crippen LogP contribution in [0.4, 0.5) is 23.4 Å². The van der Waals surface area contributed by atoms with Crippen molar-refractivity contribution in [3.8, 4) is 0 Å². The summed E-state index contributed by atoms with van der Waals surface area (Å²) >= 11 is 0. The van der Waals surface area contributed by atoms with Crippen LogP contribution in [0.2, 0.25) is 0 Å². The summed E-state index contributed by atoms with van der Waals surface area (Å²) in [6.07, 6.45) is -1.78. The third-order valence-electron chi connectivity index (χ3n) is 3.85. The molecule has 1 aliphatic rings. The summed E-state index contributed by atoms with van der Waals surface area (Å²) in [6, 6.07) is 6.87. The van der Waals surface area contributed by atoms with Crippen molar-refractivity contribution in [3.63, 3.8) is 0 Å². The third-order valence-corrected chi connectivity index (χ3v) is 3.85. The van der Waals surface area contributed by atoms with Crippen molar-refractivity contribution in [2.24, 2.45) is 0 Å². The minimum absolute atomic E-state index is 0.0691. The lowest BCUT2D eigenvalue weighted by Gasteiger charge is -2.28. The second-order valence-electron chi connectivity index (χ2n) is 5.63. The predicted octanol–water partition coefficient (Wildman–Crippen LogP) is 3.21. The Kier molecular flexibility index (Phi) is 4.98. The molecule has 0 radical (unpaired) electrons. The van der Waals surface area contributed by atoms with Crippen molar-refractivity contribution in [2.75, 3.05) is 31.1 Å². The summed E-state index contributed by atoms with van der Waals surface area (Å²) in [7, 11) is 0. The molecule has 2 heterocycles. The van der Waals surface area contributed by atoms with Gasteiger partial charge < -0.3 is 10.2 Å². The Bertz CT molecular complexity index is 750. The van der Waals surface area contributed by atoms with Gasteiger partial charge in [-0.2, -0.15) is 13.2 Å². The molecule has 1 N–H and O–H groups in total. The number of piperazine rings is 1. The second kappa shape index (κ2) is 7.18. The molecule has 25 heavy (non-hydrogen) atoms. The first-order valence-electron chi connectivity index (χ1n) is 7.78. The Hall–Kier alpha value is -2.48. The second-order valence-corrected chi connectivity index (χ2v) is 5.63. The molecular formula is C17H16F4N4. The number of anilines is 1. The van der Waals surface area contributed by atoms with Gasteiger partial charge >= 0.3 is 6.18 Å². The Balaban J connectivity index is 1.94. The van der Waals surface area contributed by atoms with Gasteiger partial charge in [0.15, 0.2) is 11.5 Å². The van der Waals surface area contributed by atoms with Gasteiger partial charge in [-0.1, -0.05) is 24.3 Å². The van der Waals surface area contributed by atoms with Gasteiger partial charge in [0.2, 0.25) is 0 Å². The SMILES string of the molecule is Fc1ccc(/C=C/c2cc(N3CCNCC3)nnc2C(F)(F)F)cc1. The van der Waals surface area contributed by atoms with Crippen molar-refractivity contribution >= 4 is 18.0 Å². The summed E-state index contributed by atoms with van der Waals surface area (Å²) < 4.78 is 52.5. The largest absolute Gasteiger partial charge is 0.435 e. The molecule has 0 aliphatic carbocycles. The lowest BCUT2D eigenvalue weighted by atomic mass is 10.1. The molecule has 2 aromatic rings. The number of aromatic nitrogens is 2. The van der Waals surface area contributed by atoms with Crippen LogP contribution in [0.1, 0.15) is 16.8 Å².